The zero-order valence-electron chi connectivity index (χ0n) is 19.3. The van der Waals surface area contributed by atoms with Crippen LogP contribution in [-0.2, 0) is 9.59 Å². The van der Waals surface area contributed by atoms with Crippen molar-refractivity contribution >= 4 is 11.8 Å². The van der Waals surface area contributed by atoms with Crippen molar-refractivity contribution in [2.24, 2.45) is 0 Å². The van der Waals surface area contributed by atoms with E-state index >= 15 is 0 Å². The van der Waals surface area contributed by atoms with Crippen LogP contribution in [0.4, 0.5) is 0 Å². The highest BCUT2D eigenvalue weighted by Gasteiger charge is 2.15. The van der Waals surface area contributed by atoms with Crippen LogP contribution in [0, 0.1) is 0 Å². The molecular formula is C22H44N6O2. The molecular weight excluding hydrogens is 380 g/mol. The Bertz CT molecular complexity index is 444. The summed E-state index contributed by atoms with van der Waals surface area (Å²) in [6.07, 6.45) is 7.66. The maximum Gasteiger partial charge on any atom is 0.220 e. The van der Waals surface area contributed by atoms with Crippen LogP contribution in [0.3, 0.4) is 0 Å². The summed E-state index contributed by atoms with van der Waals surface area (Å²) < 4.78 is 0. The molecule has 0 unspecified atom stereocenters. The summed E-state index contributed by atoms with van der Waals surface area (Å²) in [5, 5.41) is 6.09. The fraction of sp³-hybridized carbons (Fsp3) is 0.909. The van der Waals surface area contributed by atoms with Crippen molar-refractivity contribution in [3.63, 3.8) is 0 Å². The van der Waals surface area contributed by atoms with Crippen molar-refractivity contribution in [2.45, 2.75) is 51.4 Å². The third-order valence-electron chi connectivity index (χ3n) is 6.25. The molecule has 2 N–H and O–H groups in total. The van der Waals surface area contributed by atoms with Gasteiger partial charge in [-0.1, -0.05) is 25.7 Å². The first-order chi connectivity index (χ1) is 14.5. The Morgan fingerprint density at radius 3 is 1.27 bits per heavy atom. The molecule has 2 saturated heterocycles. The first-order valence-corrected chi connectivity index (χ1v) is 11.9. The van der Waals surface area contributed by atoms with E-state index in [9.17, 15) is 9.59 Å². The molecule has 30 heavy (non-hydrogen) atoms. The fourth-order valence-corrected chi connectivity index (χ4v) is 3.87. The number of nitrogens with one attached hydrogen (secondary N) is 2. The number of likely N-dealkylation sites (N-methyl/N-ethyl adjacent to an activating group) is 2. The van der Waals surface area contributed by atoms with Gasteiger partial charge in [0.25, 0.3) is 0 Å². The van der Waals surface area contributed by atoms with Crippen molar-refractivity contribution in [1.29, 1.82) is 0 Å². The molecule has 0 aromatic carbocycles. The van der Waals surface area contributed by atoms with E-state index < -0.39 is 0 Å². The average Bonchev–Trinajstić information content (AvgIpc) is 2.74. The first-order valence-electron chi connectivity index (χ1n) is 11.9. The van der Waals surface area contributed by atoms with Gasteiger partial charge in [0.1, 0.15) is 0 Å². The van der Waals surface area contributed by atoms with Gasteiger partial charge in [0, 0.05) is 65.2 Å². The minimum atomic E-state index is 0.172. The average molecular weight is 425 g/mol. The number of unbranched alkanes of at least 4 members (excludes halogenated alkanes) is 5. The monoisotopic (exact) mass is 424 g/mol. The van der Waals surface area contributed by atoms with Gasteiger partial charge in [0.15, 0.2) is 0 Å². The second-order valence-corrected chi connectivity index (χ2v) is 8.98. The molecule has 2 aliphatic heterocycles. The molecule has 8 nitrogen and oxygen atoms in total. The fourth-order valence-electron chi connectivity index (χ4n) is 3.87. The van der Waals surface area contributed by atoms with Crippen molar-refractivity contribution in [1.82, 2.24) is 30.2 Å². The molecule has 2 heterocycles. The lowest BCUT2D eigenvalue weighted by Crippen LogP contribution is -2.48. The lowest BCUT2D eigenvalue weighted by Gasteiger charge is -2.32. The number of carbonyl (C=O) groups is 2. The summed E-state index contributed by atoms with van der Waals surface area (Å²) in [6, 6.07) is 0. The predicted octanol–water partition coefficient (Wildman–Crippen LogP) is 0.749. The Balaban J connectivity index is 1.34. The van der Waals surface area contributed by atoms with Crippen LogP contribution < -0.4 is 10.6 Å². The number of carbonyl (C=O) groups excluding carboxylic acids is 2. The van der Waals surface area contributed by atoms with E-state index in [4.69, 9.17) is 0 Å². The zero-order chi connectivity index (χ0) is 21.6. The van der Waals surface area contributed by atoms with Crippen molar-refractivity contribution < 1.29 is 9.59 Å². The molecule has 174 valence electrons. The van der Waals surface area contributed by atoms with Crippen LogP contribution in [-0.4, -0.2) is 111 Å². The summed E-state index contributed by atoms with van der Waals surface area (Å²) in [5.41, 5.74) is 0. The Kier molecular flexibility index (Phi) is 12.3. The number of rotatable bonds is 13. The smallest absolute Gasteiger partial charge is 0.220 e. The third kappa shape index (κ3) is 11.2. The third-order valence-corrected chi connectivity index (χ3v) is 6.25. The van der Waals surface area contributed by atoms with Crippen LogP contribution >= 0.6 is 0 Å². The van der Waals surface area contributed by atoms with Gasteiger partial charge in [0.05, 0.1) is 13.3 Å². The van der Waals surface area contributed by atoms with E-state index in [-0.39, 0.29) is 11.8 Å². The van der Waals surface area contributed by atoms with Crippen LogP contribution in [0.2, 0.25) is 0 Å². The Hall–Kier alpha value is -1.22. The van der Waals surface area contributed by atoms with Gasteiger partial charge < -0.3 is 20.4 Å². The maximum absolute atomic E-state index is 12.0. The summed E-state index contributed by atoms with van der Waals surface area (Å²) in [4.78, 5) is 33.2. The molecule has 2 fully saturated rings. The molecule has 0 aromatic rings. The molecule has 2 amide bonds. The van der Waals surface area contributed by atoms with E-state index in [1.807, 2.05) is 0 Å². The topological polar surface area (TPSA) is 71.2 Å². The lowest BCUT2D eigenvalue weighted by atomic mass is 10.1. The van der Waals surface area contributed by atoms with E-state index in [1.54, 1.807) is 0 Å². The van der Waals surface area contributed by atoms with E-state index in [2.05, 4.69) is 44.3 Å². The molecule has 2 rings (SSSR count). The number of nitrogens with zero attached hydrogens (tertiary/aromatic N) is 4. The van der Waals surface area contributed by atoms with Gasteiger partial charge in [0.2, 0.25) is 11.8 Å². The van der Waals surface area contributed by atoms with Gasteiger partial charge in [-0.2, -0.15) is 0 Å². The molecule has 0 spiro atoms. The number of hydrogen-bond acceptors (Lipinski definition) is 6. The van der Waals surface area contributed by atoms with E-state index in [0.717, 1.165) is 90.9 Å². The minimum absolute atomic E-state index is 0.172. The first kappa shape index (κ1) is 25.0. The molecule has 0 bridgehead atoms. The zero-order valence-corrected chi connectivity index (χ0v) is 19.3. The Morgan fingerprint density at radius 1 is 0.567 bits per heavy atom. The van der Waals surface area contributed by atoms with Crippen LogP contribution in [0.15, 0.2) is 0 Å². The highest BCUT2D eigenvalue weighted by molar-refractivity contribution is 5.76. The number of piperazine rings is 2. The SMILES string of the molecule is CN1CCN(CNC(=O)CCCCCCCCC(=O)NCN2CCN(C)CC2)CC1. The maximum atomic E-state index is 12.0. The molecule has 8 heteroatoms. The van der Waals surface area contributed by atoms with Gasteiger partial charge in [-0.3, -0.25) is 19.4 Å². The highest BCUT2D eigenvalue weighted by atomic mass is 16.2. The summed E-state index contributed by atoms with van der Waals surface area (Å²) in [6.45, 7) is 9.81. The summed E-state index contributed by atoms with van der Waals surface area (Å²) >= 11 is 0. The number of amides is 2. The van der Waals surface area contributed by atoms with Gasteiger partial charge >= 0.3 is 0 Å². The molecule has 0 saturated carbocycles. The standard InChI is InChI=1S/C22H44N6O2/c1-25-11-15-27(16-12-25)19-23-21(29)9-7-5-3-4-6-8-10-22(30)24-20-28-17-13-26(2)14-18-28/h3-20H2,1-2H3,(H,23,29)(H,24,30). The van der Waals surface area contributed by atoms with Crippen molar-refractivity contribution in [3.05, 3.63) is 0 Å². The van der Waals surface area contributed by atoms with Crippen LogP contribution in [0.1, 0.15) is 51.4 Å². The van der Waals surface area contributed by atoms with Crippen LogP contribution in [0.5, 0.6) is 0 Å². The Morgan fingerprint density at radius 2 is 0.900 bits per heavy atom. The largest absolute Gasteiger partial charge is 0.343 e. The van der Waals surface area contributed by atoms with Crippen molar-refractivity contribution in [2.75, 3.05) is 79.8 Å². The van der Waals surface area contributed by atoms with Crippen LogP contribution in [0.25, 0.3) is 0 Å². The van der Waals surface area contributed by atoms with Gasteiger partial charge in [-0.15, -0.1) is 0 Å². The number of hydrogen-bond donors (Lipinski definition) is 2. The Labute approximate surface area is 183 Å². The highest BCUT2D eigenvalue weighted by Crippen LogP contribution is 2.09. The quantitative estimate of drug-likeness (QED) is 0.425. The van der Waals surface area contributed by atoms with E-state index in [1.165, 1.54) is 0 Å². The van der Waals surface area contributed by atoms with Crippen molar-refractivity contribution in [3.8, 4) is 0 Å². The summed E-state index contributed by atoms with van der Waals surface area (Å²) in [7, 11) is 4.28. The van der Waals surface area contributed by atoms with Gasteiger partial charge in [-0.25, -0.2) is 0 Å². The molecule has 0 aromatic heterocycles. The lowest BCUT2D eigenvalue weighted by molar-refractivity contribution is -0.122. The normalized spacial score (nSPS) is 19.7. The van der Waals surface area contributed by atoms with E-state index in [0.29, 0.717) is 26.2 Å². The predicted molar refractivity (Wildman–Crippen MR) is 121 cm³/mol. The van der Waals surface area contributed by atoms with Gasteiger partial charge in [-0.05, 0) is 26.9 Å². The second kappa shape index (κ2) is 14.7. The molecule has 0 atom stereocenters. The molecule has 2 aliphatic rings. The second-order valence-electron chi connectivity index (χ2n) is 8.98. The summed E-state index contributed by atoms with van der Waals surface area (Å²) in [5.74, 6) is 0.344. The molecule has 0 aliphatic carbocycles. The molecule has 0 radical (unpaired) electrons. The minimum Gasteiger partial charge on any atom is -0.343 e.